The number of aromatic nitrogens is 2. The first-order valence-electron chi connectivity index (χ1n) is 6.36. The maximum Gasteiger partial charge on any atom is 0.337 e. The number of hydrogen-bond acceptors (Lipinski definition) is 5. The molecule has 5 nitrogen and oxygen atoms in total. The van der Waals surface area contributed by atoms with Crippen molar-refractivity contribution in [2.24, 2.45) is 0 Å². The summed E-state index contributed by atoms with van der Waals surface area (Å²) >= 11 is 0. The SMILES string of the molecule is COC(=O)c1cc(-c2noc(C)n2)cc(C(C)(C)C)c1. The van der Waals surface area contributed by atoms with Crippen LogP contribution in [-0.4, -0.2) is 23.2 Å². The van der Waals surface area contributed by atoms with Gasteiger partial charge in [-0.3, -0.25) is 0 Å². The molecule has 20 heavy (non-hydrogen) atoms. The second-order valence-electron chi connectivity index (χ2n) is 5.68. The number of nitrogens with zero attached hydrogens (tertiary/aromatic N) is 2. The zero-order chi connectivity index (χ0) is 14.9. The second-order valence-corrected chi connectivity index (χ2v) is 5.68. The molecule has 1 aromatic carbocycles. The van der Waals surface area contributed by atoms with Gasteiger partial charge in [-0.25, -0.2) is 4.79 Å². The summed E-state index contributed by atoms with van der Waals surface area (Å²) in [5.74, 6) is 0.581. The molecule has 5 heteroatoms. The fraction of sp³-hybridized carbons (Fsp3) is 0.400. The second kappa shape index (κ2) is 5.07. The Bertz CT molecular complexity index is 639. The van der Waals surface area contributed by atoms with Crippen molar-refractivity contribution in [1.82, 2.24) is 10.1 Å². The van der Waals surface area contributed by atoms with Crippen LogP contribution in [0.4, 0.5) is 0 Å². The number of rotatable bonds is 2. The van der Waals surface area contributed by atoms with Gasteiger partial charge in [-0.1, -0.05) is 25.9 Å². The van der Waals surface area contributed by atoms with Gasteiger partial charge in [0.25, 0.3) is 0 Å². The molecule has 1 heterocycles. The topological polar surface area (TPSA) is 65.2 Å². The highest BCUT2D eigenvalue weighted by molar-refractivity contribution is 5.91. The highest BCUT2D eigenvalue weighted by Crippen LogP contribution is 2.28. The Morgan fingerprint density at radius 3 is 2.45 bits per heavy atom. The average Bonchev–Trinajstić information content (AvgIpc) is 2.83. The Balaban J connectivity index is 2.59. The van der Waals surface area contributed by atoms with Crippen molar-refractivity contribution in [1.29, 1.82) is 0 Å². The molecule has 0 atom stereocenters. The third-order valence-electron chi connectivity index (χ3n) is 3.01. The van der Waals surface area contributed by atoms with Crippen LogP contribution < -0.4 is 0 Å². The molecule has 0 saturated carbocycles. The minimum absolute atomic E-state index is 0.0996. The van der Waals surface area contributed by atoms with Gasteiger partial charge in [0.05, 0.1) is 12.7 Å². The maximum atomic E-state index is 11.8. The molecule has 0 spiro atoms. The molecule has 0 aliphatic carbocycles. The molecule has 0 aliphatic rings. The van der Waals surface area contributed by atoms with Gasteiger partial charge in [0.2, 0.25) is 11.7 Å². The van der Waals surface area contributed by atoms with E-state index in [1.807, 2.05) is 12.1 Å². The smallest absolute Gasteiger partial charge is 0.337 e. The van der Waals surface area contributed by atoms with E-state index in [1.165, 1.54) is 7.11 Å². The summed E-state index contributed by atoms with van der Waals surface area (Å²) in [6.07, 6.45) is 0. The van der Waals surface area contributed by atoms with Crippen molar-refractivity contribution >= 4 is 5.97 Å². The van der Waals surface area contributed by atoms with Crippen molar-refractivity contribution in [3.8, 4) is 11.4 Å². The minimum Gasteiger partial charge on any atom is -0.465 e. The molecular formula is C15H18N2O3. The van der Waals surface area contributed by atoms with Crippen LogP contribution in [0.15, 0.2) is 22.7 Å². The van der Waals surface area contributed by atoms with E-state index in [1.54, 1.807) is 13.0 Å². The molecular weight excluding hydrogens is 256 g/mol. The van der Waals surface area contributed by atoms with Gasteiger partial charge in [0, 0.05) is 12.5 Å². The summed E-state index contributed by atoms with van der Waals surface area (Å²) in [6.45, 7) is 7.96. The Morgan fingerprint density at radius 1 is 1.25 bits per heavy atom. The van der Waals surface area contributed by atoms with Crippen LogP contribution >= 0.6 is 0 Å². The summed E-state index contributed by atoms with van der Waals surface area (Å²) in [5, 5.41) is 3.90. The van der Waals surface area contributed by atoms with Crippen LogP contribution in [0.2, 0.25) is 0 Å². The lowest BCUT2D eigenvalue weighted by atomic mass is 9.85. The van der Waals surface area contributed by atoms with Gasteiger partial charge in [-0.05, 0) is 29.2 Å². The van der Waals surface area contributed by atoms with E-state index >= 15 is 0 Å². The van der Waals surface area contributed by atoms with E-state index in [4.69, 9.17) is 9.26 Å². The Kier molecular flexibility index (Phi) is 3.61. The minimum atomic E-state index is -0.377. The summed E-state index contributed by atoms with van der Waals surface area (Å²) < 4.78 is 9.79. The third-order valence-corrected chi connectivity index (χ3v) is 3.01. The van der Waals surface area contributed by atoms with E-state index in [2.05, 4.69) is 30.9 Å². The first-order chi connectivity index (χ1) is 9.31. The molecule has 0 aliphatic heterocycles. The van der Waals surface area contributed by atoms with Crippen molar-refractivity contribution in [3.05, 3.63) is 35.2 Å². The first kappa shape index (κ1) is 14.2. The Hall–Kier alpha value is -2.17. The third kappa shape index (κ3) is 2.87. The molecule has 0 radical (unpaired) electrons. The lowest BCUT2D eigenvalue weighted by Crippen LogP contribution is -2.13. The fourth-order valence-corrected chi connectivity index (χ4v) is 1.84. The van der Waals surface area contributed by atoms with Gasteiger partial charge < -0.3 is 9.26 Å². The zero-order valence-corrected chi connectivity index (χ0v) is 12.4. The molecule has 0 N–H and O–H groups in total. The molecule has 0 unspecified atom stereocenters. The molecule has 0 bridgehead atoms. The van der Waals surface area contributed by atoms with E-state index in [-0.39, 0.29) is 11.4 Å². The predicted octanol–water partition coefficient (Wildman–Crippen LogP) is 3.13. The largest absolute Gasteiger partial charge is 0.465 e. The van der Waals surface area contributed by atoms with Crippen LogP contribution in [0.5, 0.6) is 0 Å². The Morgan fingerprint density at radius 2 is 1.95 bits per heavy atom. The highest BCUT2D eigenvalue weighted by Gasteiger charge is 2.19. The van der Waals surface area contributed by atoms with E-state index in [9.17, 15) is 4.79 Å². The van der Waals surface area contributed by atoms with Crippen molar-refractivity contribution in [2.75, 3.05) is 7.11 Å². The van der Waals surface area contributed by atoms with Crippen LogP contribution in [-0.2, 0) is 10.2 Å². The summed E-state index contributed by atoms with van der Waals surface area (Å²) in [7, 11) is 1.37. The molecule has 0 amide bonds. The van der Waals surface area contributed by atoms with Crippen molar-refractivity contribution in [2.45, 2.75) is 33.1 Å². The van der Waals surface area contributed by atoms with Gasteiger partial charge in [0.15, 0.2) is 0 Å². The van der Waals surface area contributed by atoms with Crippen molar-refractivity contribution < 1.29 is 14.1 Å². The normalized spacial score (nSPS) is 11.4. The van der Waals surface area contributed by atoms with Crippen LogP contribution in [0.3, 0.4) is 0 Å². The molecule has 1 aromatic heterocycles. The highest BCUT2D eigenvalue weighted by atomic mass is 16.5. The monoisotopic (exact) mass is 274 g/mol. The van der Waals surface area contributed by atoms with Crippen LogP contribution in [0, 0.1) is 6.92 Å². The average molecular weight is 274 g/mol. The maximum absolute atomic E-state index is 11.8. The van der Waals surface area contributed by atoms with E-state index < -0.39 is 0 Å². The van der Waals surface area contributed by atoms with Gasteiger partial charge >= 0.3 is 5.97 Å². The number of hydrogen-bond donors (Lipinski definition) is 0. The Labute approximate surface area is 118 Å². The standard InChI is InChI=1S/C15H18N2O3/c1-9-16-13(17-20-9)10-6-11(14(18)19-5)8-12(7-10)15(2,3)4/h6-8H,1-5H3. The molecule has 106 valence electrons. The number of carbonyl (C=O) groups excluding carboxylic acids is 1. The molecule has 2 rings (SSSR count). The number of ether oxygens (including phenoxy) is 1. The van der Waals surface area contributed by atoms with E-state index in [0.29, 0.717) is 17.3 Å². The van der Waals surface area contributed by atoms with Gasteiger partial charge in [-0.15, -0.1) is 0 Å². The number of aryl methyl sites for hydroxylation is 1. The summed E-state index contributed by atoms with van der Waals surface area (Å²) in [6, 6.07) is 5.52. The molecule has 0 fully saturated rings. The zero-order valence-electron chi connectivity index (χ0n) is 12.4. The number of esters is 1. The molecule has 2 aromatic rings. The van der Waals surface area contributed by atoms with E-state index in [0.717, 1.165) is 11.1 Å². The lowest BCUT2D eigenvalue weighted by molar-refractivity contribution is 0.0600. The molecule has 0 saturated heterocycles. The van der Waals surface area contributed by atoms with Crippen molar-refractivity contribution in [3.63, 3.8) is 0 Å². The van der Waals surface area contributed by atoms with Crippen LogP contribution in [0.25, 0.3) is 11.4 Å². The van der Waals surface area contributed by atoms with Gasteiger partial charge in [0.1, 0.15) is 0 Å². The van der Waals surface area contributed by atoms with Crippen LogP contribution in [0.1, 0.15) is 42.6 Å². The fourth-order valence-electron chi connectivity index (χ4n) is 1.84. The summed E-state index contributed by atoms with van der Waals surface area (Å²) in [5.41, 5.74) is 2.14. The summed E-state index contributed by atoms with van der Waals surface area (Å²) in [4.78, 5) is 16.0. The number of methoxy groups -OCH3 is 1. The number of benzene rings is 1. The van der Waals surface area contributed by atoms with Gasteiger partial charge in [-0.2, -0.15) is 4.98 Å². The quantitative estimate of drug-likeness (QED) is 0.787. The predicted molar refractivity (Wildman–Crippen MR) is 74.5 cm³/mol. The number of carbonyl (C=O) groups is 1. The first-order valence-corrected chi connectivity index (χ1v) is 6.36. The lowest BCUT2D eigenvalue weighted by Gasteiger charge is -2.20.